The predicted molar refractivity (Wildman–Crippen MR) is 97.9 cm³/mol. The second kappa shape index (κ2) is 6.30. The average Bonchev–Trinajstić information content (AvgIpc) is 3.19. The van der Waals surface area contributed by atoms with Crippen LogP contribution in [0.1, 0.15) is 21.7 Å². The minimum absolute atomic E-state index is 0.0140. The second-order valence-electron chi connectivity index (χ2n) is 5.81. The molecule has 4 aromatic rings. The molecular weight excluding hydrogens is 353 g/mol. The smallest absolute Gasteiger partial charge is 0.258 e. The van der Waals surface area contributed by atoms with Crippen molar-refractivity contribution in [2.75, 3.05) is 5.32 Å². The Labute approximate surface area is 152 Å². The van der Waals surface area contributed by atoms with Crippen LogP contribution in [0.3, 0.4) is 0 Å². The fourth-order valence-corrected chi connectivity index (χ4v) is 3.48. The number of aromatic nitrogens is 4. The van der Waals surface area contributed by atoms with Gasteiger partial charge in [0.05, 0.1) is 5.56 Å². The van der Waals surface area contributed by atoms with Crippen LogP contribution in [0, 0.1) is 19.7 Å². The van der Waals surface area contributed by atoms with E-state index in [0.29, 0.717) is 5.69 Å². The Bertz CT molecular complexity index is 1130. The molecular formula is C18H14FN5OS. The van der Waals surface area contributed by atoms with Gasteiger partial charge in [-0.3, -0.25) is 4.79 Å². The lowest BCUT2D eigenvalue weighted by Crippen LogP contribution is -2.14. The molecule has 0 aliphatic heterocycles. The quantitative estimate of drug-likeness (QED) is 0.597. The molecule has 2 aromatic carbocycles. The summed E-state index contributed by atoms with van der Waals surface area (Å²) in [5.41, 5.74) is 2.41. The molecule has 0 atom stereocenters. The largest absolute Gasteiger partial charge is 0.322 e. The first-order valence-corrected chi connectivity index (χ1v) is 8.70. The van der Waals surface area contributed by atoms with Crippen LogP contribution in [0.2, 0.25) is 0 Å². The lowest BCUT2D eigenvalue weighted by atomic mass is 10.1. The van der Waals surface area contributed by atoms with E-state index in [2.05, 4.69) is 20.6 Å². The summed E-state index contributed by atoms with van der Waals surface area (Å²) in [6, 6.07) is 11.5. The Morgan fingerprint density at radius 2 is 1.96 bits per heavy atom. The van der Waals surface area contributed by atoms with Gasteiger partial charge in [-0.05, 0) is 49.7 Å². The van der Waals surface area contributed by atoms with Crippen LogP contribution in [0.15, 0.2) is 42.5 Å². The standard InChI is InChI=1S/C18H14FN5OS/c1-10-9-12(17-23-24-11(2)21-22-18(24)26-17)7-8-15(10)20-16(25)13-5-3-4-6-14(13)19/h3-9H,1-2H3,(H,20,25). The Hall–Kier alpha value is -3.13. The summed E-state index contributed by atoms with van der Waals surface area (Å²) in [5, 5.41) is 16.1. The lowest BCUT2D eigenvalue weighted by Gasteiger charge is -2.10. The summed E-state index contributed by atoms with van der Waals surface area (Å²) in [6.07, 6.45) is 0. The molecule has 0 saturated carbocycles. The van der Waals surface area contributed by atoms with Gasteiger partial charge in [-0.1, -0.05) is 23.5 Å². The molecule has 2 aromatic heterocycles. The number of fused-ring (bicyclic) bond motifs is 1. The van der Waals surface area contributed by atoms with E-state index >= 15 is 0 Å². The molecule has 2 heterocycles. The molecule has 6 nitrogen and oxygen atoms in total. The molecule has 4 rings (SSSR count). The highest BCUT2D eigenvalue weighted by Crippen LogP contribution is 2.28. The highest BCUT2D eigenvalue weighted by Gasteiger charge is 2.14. The van der Waals surface area contributed by atoms with Crippen molar-refractivity contribution >= 4 is 27.9 Å². The van der Waals surface area contributed by atoms with E-state index in [1.165, 1.54) is 23.5 Å². The van der Waals surface area contributed by atoms with E-state index in [1.807, 2.05) is 26.0 Å². The van der Waals surface area contributed by atoms with Crippen LogP contribution in [-0.2, 0) is 0 Å². The van der Waals surface area contributed by atoms with Crippen molar-refractivity contribution in [2.45, 2.75) is 13.8 Å². The second-order valence-corrected chi connectivity index (χ2v) is 6.77. The first-order chi connectivity index (χ1) is 12.5. The van der Waals surface area contributed by atoms with Crippen LogP contribution in [0.25, 0.3) is 15.5 Å². The number of rotatable bonds is 3. The van der Waals surface area contributed by atoms with Gasteiger partial charge in [-0.25, -0.2) is 4.39 Å². The number of hydrogen-bond donors (Lipinski definition) is 1. The first-order valence-electron chi connectivity index (χ1n) is 7.88. The molecule has 0 saturated heterocycles. The molecule has 0 aliphatic rings. The number of anilines is 1. The SMILES string of the molecule is Cc1cc(-c2nn3c(C)nnc3s2)ccc1NC(=O)c1ccccc1F. The number of nitrogens with one attached hydrogen (secondary N) is 1. The number of halogens is 1. The van der Waals surface area contributed by atoms with Crippen LogP contribution >= 0.6 is 11.3 Å². The van der Waals surface area contributed by atoms with Crippen LogP contribution < -0.4 is 5.32 Å². The summed E-state index contributed by atoms with van der Waals surface area (Å²) in [7, 11) is 0. The number of carbonyl (C=O) groups excluding carboxylic acids is 1. The molecule has 1 N–H and O–H groups in total. The van der Waals surface area contributed by atoms with E-state index in [4.69, 9.17) is 0 Å². The van der Waals surface area contributed by atoms with Crippen LogP contribution in [0.4, 0.5) is 10.1 Å². The Morgan fingerprint density at radius 1 is 1.15 bits per heavy atom. The summed E-state index contributed by atoms with van der Waals surface area (Å²) in [5.74, 6) is -0.296. The molecule has 0 spiro atoms. The van der Waals surface area contributed by atoms with Gasteiger partial charge >= 0.3 is 0 Å². The minimum atomic E-state index is -0.547. The molecule has 8 heteroatoms. The molecule has 26 heavy (non-hydrogen) atoms. The molecule has 0 aliphatic carbocycles. The molecule has 0 unspecified atom stereocenters. The first kappa shape index (κ1) is 16.3. The zero-order valence-corrected chi connectivity index (χ0v) is 14.8. The van der Waals surface area contributed by atoms with Crippen molar-refractivity contribution in [1.29, 1.82) is 0 Å². The maximum Gasteiger partial charge on any atom is 0.258 e. The van der Waals surface area contributed by atoms with Gasteiger partial charge < -0.3 is 5.32 Å². The summed E-state index contributed by atoms with van der Waals surface area (Å²) in [6.45, 7) is 3.72. The number of aryl methyl sites for hydroxylation is 2. The molecule has 0 fully saturated rings. The predicted octanol–water partition coefficient (Wildman–Crippen LogP) is 3.86. The zero-order chi connectivity index (χ0) is 18.3. The maximum atomic E-state index is 13.8. The van der Waals surface area contributed by atoms with E-state index in [-0.39, 0.29) is 5.56 Å². The van der Waals surface area contributed by atoms with Gasteiger partial charge in [-0.2, -0.15) is 9.61 Å². The van der Waals surface area contributed by atoms with E-state index in [0.717, 1.165) is 26.9 Å². The number of benzene rings is 2. The fraction of sp³-hybridized carbons (Fsp3) is 0.111. The normalized spacial score (nSPS) is 11.0. The van der Waals surface area contributed by atoms with Crippen LogP contribution in [0.5, 0.6) is 0 Å². The Morgan fingerprint density at radius 3 is 2.69 bits per heavy atom. The lowest BCUT2D eigenvalue weighted by molar-refractivity contribution is 0.102. The Balaban J connectivity index is 1.61. The summed E-state index contributed by atoms with van der Waals surface area (Å²) < 4.78 is 15.4. The summed E-state index contributed by atoms with van der Waals surface area (Å²) >= 11 is 1.44. The molecule has 130 valence electrons. The monoisotopic (exact) mass is 367 g/mol. The topological polar surface area (TPSA) is 72.2 Å². The van der Waals surface area contributed by atoms with Crippen molar-refractivity contribution in [2.24, 2.45) is 0 Å². The molecule has 0 radical (unpaired) electrons. The number of nitrogens with zero attached hydrogens (tertiary/aromatic N) is 4. The van der Waals surface area contributed by atoms with Gasteiger partial charge in [0.2, 0.25) is 4.96 Å². The molecule has 0 bridgehead atoms. The number of hydrogen-bond acceptors (Lipinski definition) is 5. The van der Waals surface area contributed by atoms with Crippen molar-refractivity contribution in [3.63, 3.8) is 0 Å². The number of amides is 1. The van der Waals surface area contributed by atoms with Crippen molar-refractivity contribution in [1.82, 2.24) is 19.8 Å². The van der Waals surface area contributed by atoms with Crippen molar-refractivity contribution in [3.8, 4) is 10.6 Å². The Kier molecular flexibility index (Phi) is 3.96. The zero-order valence-electron chi connectivity index (χ0n) is 14.0. The minimum Gasteiger partial charge on any atom is -0.322 e. The fourth-order valence-electron chi connectivity index (χ4n) is 2.60. The third kappa shape index (κ3) is 2.84. The van der Waals surface area contributed by atoms with Gasteiger partial charge in [0.15, 0.2) is 5.82 Å². The van der Waals surface area contributed by atoms with Gasteiger partial charge in [0, 0.05) is 11.3 Å². The maximum absolute atomic E-state index is 13.8. The van der Waals surface area contributed by atoms with Crippen molar-refractivity contribution < 1.29 is 9.18 Å². The highest BCUT2D eigenvalue weighted by atomic mass is 32.1. The van der Waals surface area contributed by atoms with Gasteiger partial charge in [0.1, 0.15) is 10.8 Å². The average molecular weight is 367 g/mol. The van der Waals surface area contributed by atoms with E-state index < -0.39 is 11.7 Å². The molecule has 1 amide bonds. The third-order valence-corrected chi connectivity index (χ3v) is 4.93. The highest BCUT2D eigenvalue weighted by molar-refractivity contribution is 7.19. The van der Waals surface area contributed by atoms with Gasteiger partial charge in [0.25, 0.3) is 5.91 Å². The third-order valence-electron chi connectivity index (χ3n) is 3.99. The van der Waals surface area contributed by atoms with E-state index in [9.17, 15) is 9.18 Å². The van der Waals surface area contributed by atoms with Crippen LogP contribution in [-0.4, -0.2) is 25.7 Å². The number of carbonyl (C=O) groups is 1. The van der Waals surface area contributed by atoms with Crippen molar-refractivity contribution in [3.05, 3.63) is 65.2 Å². The van der Waals surface area contributed by atoms with E-state index in [1.54, 1.807) is 22.7 Å². The van der Waals surface area contributed by atoms with Gasteiger partial charge in [-0.15, -0.1) is 10.2 Å². The summed E-state index contributed by atoms with van der Waals surface area (Å²) in [4.78, 5) is 13.0.